The van der Waals surface area contributed by atoms with E-state index in [2.05, 4.69) is 49.1 Å². The lowest BCUT2D eigenvalue weighted by Crippen LogP contribution is -3.03. The fourth-order valence-electron chi connectivity index (χ4n) is 2.55. The van der Waals surface area contributed by atoms with Crippen LogP contribution in [0.2, 0.25) is 0 Å². The molecule has 0 saturated heterocycles. The van der Waals surface area contributed by atoms with Crippen LogP contribution in [0, 0.1) is 0 Å². The van der Waals surface area contributed by atoms with E-state index in [-0.39, 0.29) is 0 Å². The molecule has 11 heteroatoms. The van der Waals surface area contributed by atoms with E-state index in [4.69, 9.17) is 0 Å². The molecule has 0 spiro atoms. The summed E-state index contributed by atoms with van der Waals surface area (Å²) in [5.74, 6) is 0.664. The van der Waals surface area contributed by atoms with Crippen molar-refractivity contribution in [3.05, 3.63) is 60.2 Å². The number of benzene rings is 2. The molecule has 0 aliphatic carbocycles. The number of azo groups is 1. The number of nitrogens with zero attached hydrogens (tertiary/aromatic N) is 4. The van der Waals surface area contributed by atoms with Crippen LogP contribution < -0.4 is 10.3 Å². The summed E-state index contributed by atoms with van der Waals surface area (Å²) in [6, 6.07) is 18.4. The molecule has 1 unspecified atom stereocenters. The van der Waals surface area contributed by atoms with Gasteiger partial charge in [0.2, 0.25) is 10.4 Å². The lowest BCUT2D eigenvalue weighted by atomic mass is 10.1. The van der Waals surface area contributed by atoms with E-state index < -0.39 is 10.4 Å². The van der Waals surface area contributed by atoms with Crippen molar-refractivity contribution in [1.29, 1.82) is 0 Å². The molecule has 3 rings (SSSR count). The smallest absolute Gasteiger partial charge is 0.301 e. The van der Waals surface area contributed by atoms with Crippen molar-refractivity contribution in [2.45, 2.75) is 6.42 Å². The highest BCUT2D eigenvalue weighted by atomic mass is 32.3. The van der Waals surface area contributed by atoms with Gasteiger partial charge >= 0.3 is 5.96 Å². The highest BCUT2D eigenvalue weighted by Crippen LogP contribution is 2.17. The lowest BCUT2D eigenvalue weighted by Gasteiger charge is -2.07. The van der Waals surface area contributed by atoms with Crippen LogP contribution in [0.3, 0.4) is 0 Å². The molecule has 0 aromatic heterocycles. The normalized spacial score (nSPS) is 16.2. The molecule has 2 aromatic rings. The van der Waals surface area contributed by atoms with E-state index >= 15 is 0 Å². The predicted octanol–water partition coefficient (Wildman–Crippen LogP) is 1.21. The SMILES string of the molecule is CN1C[NH+](C)N=C1N=Nc1ccc(NCCc2ccccc2)cc1.COS(=O)(=O)[O-]. The fraction of sp³-hybridized carbons (Fsp3) is 0.316. The Morgan fingerprint density at radius 1 is 1.17 bits per heavy atom. The minimum Gasteiger partial charge on any atom is -0.726 e. The van der Waals surface area contributed by atoms with Gasteiger partial charge in [0, 0.05) is 19.3 Å². The summed E-state index contributed by atoms with van der Waals surface area (Å²) in [6.45, 7) is 1.72. The van der Waals surface area contributed by atoms with Gasteiger partial charge in [0.1, 0.15) is 0 Å². The lowest BCUT2D eigenvalue weighted by molar-refractivity contribution is -0.887. The van der Waals surface area contributed by atoms with E-state index in [0.717, 1.165) is 43.1 Å². The highest BCUT2D eigenvalue weighted by Gasteiger charge is 2.20. The summed E-state index contributed by atoms with van der Waals surface area (Å²) in [7, 11) is 0.357. The minimum atomic E-state index is -4.41. The largest absolute Gasteiger partial charge is 0.726 e. The molecule has 0 fully saturated rings. The van der Waals surface area contributed by atoms with Gasteiger partial charge in [0.25, 0.3) is 0 Å². The van der Waals surface area contributed by atoms with E-state index in [1.54, 1.807) is 0 Å². The zero-order chi connectivity index (χ0) is 22.0. The Hall–Kier alpha value is -2.86. The van der Waals surface area contributed by atoms with E-state index in [9.17, 15) is 13.0 Å². The molecule has 2 aromatic carbocycles. The standard InChI is InChI=1S/C18H22N6.CH4O4S/c1-23-14-24(2)22-18(23)21-20-17-10-8-16(9-11-17)19-13-12-15-6-4-3-5-7-15;1-5-6(2,3)4/h3-11,19H,12-14H2,1-2H3;1H3,(H,2,3,4). The molecule has 1 atom stereocenters. The summed E-state index contributed by atoms with van der Waals surface area (Å²) in [6.07, 6.45) is 1.00. The maximum absolute atomic E-state index is 9.22. The van der Waals surface area contributed by atoms with Gasteiger partial charge in [-0.15, -0.1) is 10.2 Å². The van der Waals surface area contributed by atoms with Crippen LogP contribution in [0.1, 0.15) is 5.56 Å². The van der Waals surface area contributed by atoms with Gasteiger partial charge in [0.05, 0.1) is 19.8 Å². The first kappa shape index (κ1) is 23.4. The Bertz CT molecular complexity index is 949. The Balaban J connectivity index is 0.000000469. The van der Waals surface area contributed by atoms with Crippen LogP contribution in [-0.2, 0) is 21.0 Å². The van der Waals surface area contributed by atoms with Crippen molar-refractivity contribution in [1.82, 2.24) is 4.90 Å². The second-order valence-electron chi connectivity index (χ2n) is 6.49. The topological polar surface area (TPSA) is 123 Å². The maximum atomic E-state index is 9.22. The van der Waals surface area contributed by atoms with Crippen molar-refractivity contribution in [3.8, 4) is 0 Å². The molecule has 0 amide bonds. The predicted molar refractivity (Wildman–Crippen MR) is 113 cm³/mol. The third-order valence-corrected chi connectivity index (χ3v) is 4.42. The number of quaternary nitrogens is 1. The summed E-state index contributed by atoms with van der Waals surface area (Å²) in [5.41, 5.74) is 3.25. The molecule has 0 saturated carbocycles. The fourth-order valence-corrected chi connectivity index (χ4v) is 2.55. The van der Waals surface area contributed by atoms with Crippen molar-refractivity contribution in [3.63, 3.8) is 0 Å². The van der Waals surface area contributed by atoms with Crippen molar-refractivity contribution in [2.75, 3.05) is 39.7 Å². The summed E-state index contributed by atoms with van der Waals surface area (Å²) < 4.78 is 31.0. The third kappa shape index (κ3) is 8.66. The molecule has 2 N–H and O–H groups in total. The van der Waals surface area contributed by atoms with Crippen molar-refractivity contribution in [2.24, 2.45) is 15.3 Å². The number of hydrogen-bond donors (Lipinski definition) is 2. The molecule has 30 heavy (non-hydrogen) atoms. The quantitative estimate of drug-likeness (QED) is 0.400. The first-order valence-electron chi connectivity index (χ1n) is 9.20. The molecule has 0 radical (unpaired) electrons. The Kier molecular flexibility index (Phi) is 8.87. The van der Waals surface area contributed by atoms with Gasteiger partial charge < -0.3 is 9.87 Å². The zero-order valence-corrected chi connectivity index (χ0v) is 18.0. The number of guanidine groups is 1. The number of rotatable bonds is 6. The van der Waals surface area contributed by atoms with Gasteiger partial charge in [-0.25, -0.2) is 8.42 Å². The monoisotopic (exact) mass is 434 g/mol. The van der Waals surface area contributed by atoms with Crippen LogP contribution in [0.15, 0.2) is 69.9 Å². The van der Waals surface area contributed by atoms with Crippen LogP contribution in [0.25, 0.3) is 0 Å². The first-order valence-corrected chi connectivity index (χ1v) is 10.5. The second-order valence-corrected chi connectivity index (χ2v) is 7.64. The van der Waals surface area contributed by atoms with Crippen molar-refractivity contribution < 1.29 is 22.2 Å². The molecular formula is C19H26N6O4S. The van der Waals surface area contributed by atoms with E-state index in [1.165, 1.54) is 5.56 Å². The van der Waals surface area contributed by atoms with E-state index in [1.807, 2.05) is 49.3 Å². The second kappa shape index (κ2) is 11.4. The molecule has 0 bridgehead atoms. The maximum Gasteiger partial charge on any atom is 0.301 e. The van der Waals surface area contributed by atoms with Crippen LogP contribution in [0.5, 0.6) is 0 Å². The Labute approximate surface area is 176 Å². The summed E-state index contributed by atoms with van der Waals surface area (Å²) in [4.78, 5) is 1.98. The Morgan fingerprint density at radius 2 is 1.80 bits per heavy atom. The molecule has 10 nitrogen and oxygen atoms in total. The van der Waals surface area contributed by atoms with Crippen LogP contribution in [0.4, 0.5) is 11.4 Å². The molecule has 1 aliphatic heterocycles. The first-order chi connectivity index (χ1) is 14.3. The average molecular weight is 435 g/mol. The zero-order valence-electron chi connectivity index (χ0n) is 17.1. The van der Waals surface area contributed by atoms with Crippen LogP contribution in [-0.4, -0.2) is 58.2 Å². The molecule has 162 valence electrons. The van der Waals surface area contributed by atoms with E-state index in [0.29, 0.717) is 5.96 Å². The van der Waals surface area contributed by atoms with Gasteiger partial charge in [-0.3, -0.25) is 9.08 Å². The summed E-state index contributed by atoms with van der Waals surface area (Å²) in [5, 5.41) is 17.3. The van der Waals surface area contributed by atoms with Gasteiger partial charge in [0.15, 0.2) is 6.67 Å². The minimum absolute atomic E-state index is 0.664. The Morgan fingerprint density at radius 3 is 2.33 bits per heavy atom. The van der Waals surface area contributed by atoms with Gasteiger partial charge in [-0.1, -0.05) is 30.3 Å². The highest BCUT2D eigenvalue weighted by molar-refractivity contribution is 7.80. The number of hydrogen-bond acceptors (Lipinski definition) is 9. The number of nitrogens with one attached hydrogen (secondary N) is 2. The van der Waals surface area contributed by atoms with Crippen LogP contribution >= 0.6 is 0 Å². The third-order valence-electron chi connectivity index (χ3n) is 4.01. The average Bonchev–Trinajstić information content (AvgIpc) is 3.05. The molecule has 1 aliphatic rings. The summed E-state index contributed by atoms with van der Waals surface area (Å²) >= 11 is 0. The van der Waals surface area contributed by atoms with Gasteiger partial charge in [-0.05, 0) is 41.4 Å². The molecular weight excluding hydrogens is 408 g/mol. The molecule has 1 heterocycles. The van der Waals surface area contributed by atoms with Gasteiger partial charge in [-0.2, -0.15) is 5.01 Å². The number of anilines is 1. The van der Waals surface area contributed by atoms with Crippen molar-refractivity contribution >= 4 is 27.7 Å².